The number of fused-ring (bicyclic) bond motifs is 1. The van der Waals surface area contributed by atoms with Crippen molar-refractivity contribution in [2.75, 3.05) is 38.2 Å². The van der Waals surface area contributed by atoms with Crippen LogP contribution in [0, 0.1) is 5.92 Å². The van der Waals surface area contributed by atoms with Crippen molar-refractivity contribution in [3.8, 4) is 5.75 Å². The molecule has 0 amide bonds. The first-order valence-corrected chi connectivity index (χ1v) is 12.2. The predicted octanol–water partition coefficient (Wildman–Crippen LogP) is 0.577. The van der Waals surface area contributed by atoms with Gasteiger partial charge in [-0.15, -0.1) is 0 Å². The molecule has 0 bridgehead atoms. The lowest BCUT2D eigenvalue weighted by atomic mass is 10.1. The van der Waals surface area contributed by atoms with Gasteiger partial charge >= 0.3 is 0 Å². The summed E-state index contributed by atoms with van der Waals surface area (Å²) in [5, 5.41) is 0. The van der Waals surface area contributed by atoms with Crippen molar-refractivity contribution in [1.82, 2.24) is 9.21 Å². The molecule has 144 valence electrons. The summed E-state index contributed by atoms with van der Waals surface area (Å²) in [5.74, 6) is 1.19. The van der Waals surface area contributed by atoms with Gasteiger partial charge in [0.25, 0.3) is 0 Å². The van der Waals surface area contributed by atoms with Crippen molar-refractivity contribution < 1.29 is 21.6 Å². The molecule has 2 saturated heterocycles. The summed E-state index contributed by atoms with van der Waals surface area (Å²) in [4.78, 5) is 2.38. The third-order valence-corrected chi connectivity index (χ3v) is 9.23. The van der Waals surface area contributed by atoms with Crippen LogP contribution in [0.15, 0.2) is 29.2 Å². The summed E-state index contributed by atoms with van der Waals surface area (Å²) in [6, 6.07) is 5.52. The molecule has 3 fully saturated rings. The van der Waals surface area contributed by atoms with Gasteiger partial charge in [-0.25, -0.2) is 16.8 Å². The Hall–Kier alpha value is -1.16. The van der Waals surface area contributed by atoms with Crippen LogP contribution < -0.4 is 4.74 Å². The highest BCUT2D eigenvalue weighted by Gasteiger charge is 2.50. The van der Waals surface area contributed by atoms with E-state index in [1.807, 2.05) is 0 Å². The zero-order valence-corrected chi connectivity index (χ0v) is 16.4. The van der Waals surface area contributed by atoms with Crippen molar-refractivity contribution in [1.29, 1.82) is 0 Å². The molecular formula is C17H24N2O5S2. The quantitative estimate of drug-likeness (QED) is 0.719. The summed E-state index contributed by atoms with van der Waals surface area (Å²) < 4.78 is 57.3. The van der Waals surface area contributed by atoms with Crippen LogP contribution in [-0.2, 0) is 19.9 Å². The zero-order chi connectivity index (χ0) is 18.5. The Morgan fingerprint density at radius 3 is 2.35 bits per heavy atom. The van der Waals surface area contributed by atoms with Crippen molar-refractivity contribution >= 4 is 19.9 Å². The molecule has 0 N–H and O–H groups in total. The molecular weight excluding hydrogens is 376 g/mol. The van der Waals surface area contributed by atoms with Gasteiger partial charge in [-0.1, -0.05) is 0 Å². The lowest BCUT2D eigenvalue weighted by Crippen LogP contribution is -2.60. The Morgan fingerprint density at radius 2 is 1.73 bits per heavy atom. The molecule has 7 nitrogen and oxygen atoms in total. The molecule has 1 saturated carbocycles. The normalized spacial score (nSPS) is 29.4. The van der Waals surface area contributed by atoms with E-state index in [2.05, 4.69) is 4.90 Å². The van der Waals surface area contributed by atoms with Crippen LogP contribution >= 0.6 is 0 Å². The lowest BCUT2D eigenvalue weighted by Gasteiger charge is -2.43. The fraction of sp³-hybridized carbons (Fsp3) is 0.647. The van der Waals surface area contributed by atoms with Gasteiger partial charge in [0.1, 0.15) is 5.75 Å². The Kier molecular flexibility index (Phi) is 4.53. The summed E-state index contributed by atoms with van der Waals surface area (Å²) in [6.45, 7) is 1.80. The number of rotatable bonds is 5. The average Bonchev–Trinajstić information content (AvgIpc) is 3.35. The van der Waals surface area contributed by atoms with Gasteiger partial charge in [0.2, 0.25) is 10.0 Å². The minimum atomic E-state index is -3.74. The van der Waals surface area contributed by atoms with Gasteiger partial charge in [-0.2, -0.15) is 4.31 Å². The largest absolute Gasteiger partial charge is 0.497 e. The first-order chi connectivity index (χ1) is 12.3. The first kappa shape index (κ1) is 18.2. The smallest absolute Gasteiger partial charge is 0.243 e. The van der Waals surface area contributed by atoms with Crippen molar-refractivity contribution in [2.24, 2.45) is 5.92 Å². The summed E-state index contributed by atoms with van der Waals surface area (Å²) >= 11 is 0. The minimum absolute atomic E-state index is 0.0546. The van der Waals surface area contributed by atoms with Gasteiger partial charge in [-0.3, -0.25) is 4.90 Å². The number of benzene rings is 1. The molecule has 0 unspecified atom stereocenters. The number of piperazine rings is 1. The second-order valence-corrected chi connectivity index (χ2v) is 11.5. The summed E-state index contributed by atoms with van der Waals surface area (Å²) in [6.07, 6.45) is 2.38. The maximum absolute atomic E-state index is 13.2. The van der Waals surface area contributed by atoms with Crippen molar-refractivity contribution in [2.45, 2.75) is 29.8 Å². The maximum atomic E-state index is 13.2. The third kappa shape index (κ3) is 3.37. The Bertz CT molecular complexity index is 878. The van der Waals surface area contributed by atoms with Crippen molar-refractivity contribution in [3.63, 3.8) is 0 Å². The number of hydrogen-bond donors (Lipinski definition) is 0. The van der Waals surface area contributed by atoms with Crippen LogP contribution in [0.2, 0.25) is 0 Å². The molecule has 2 atom stereocenters. The molecule has 0 spiro atoms. The molecule has 4 rings (SSSR count). The van der Waals surface area contributed by atoms with E-state index in [0.29, 0.717) is 24.8 Å². The fourth-order valence-corrected chi connectivity index (χ4v) is 7.78. The first-order valence-electron chi connectivity index (χ1n) is 8.90. The van der Waals surface area contributed by atoms with E-state index in [0.717, 1.165) is 6.54 Å². The summed E-state index contributed by atoms with van der Waals surface area (Å²) in [5.41, 5.74) is 0. The van der Waals surface area contributed by atoms with Gasteiger partial charge < -0.3 is 4.74 Å². The van der Waals surface area contributed by atoms with E-state index in [1.54, 1.807) is 12.1 Å². The molecule has 1 aromatic rings. The second kappa shape index (κ2) is 6.47. The number of sulfone groups is 1. The minimum Gasteiger partial charge on any atom is -0.497 e. The van der Waals surface area contributed by atoms with E-state index in [4.69, 9.17) is 4.74 Å². The summed E-state index contributed by atoms with van der Waals surface area (Å²) in [7, 11) is -5.45. The van der Waals surface area contributed by atoms with Gasteiger partial charge in [-0.05, 0) is 43.0 Å². The standard InChI is InChI=1S/C17H24N2O5S2/c1-24-14-4-6-15(7-5-14)26(22,23)19-9-8-18(10-13-2-3-13)16-11-25(20,21)12-17(16)19/h4-7,13,16-17H,2-3,8-12H2,1H3/t16-,17+/m1/s1. The number of nitrogens with zero attached hydrogens (tertiary/aromatic N) is 2. The molecule has 2 heterocycles. The molecule has 1 aliphatic carbocycles. The van der Waals surface area contributed by atoms with Gasteiger partial charge in [0.05, 0.1) is 29.6 Å². The highest BCUT2D eigenvalue weighted by atomic mass is 32.2. The van der Waals surface area contributed by atoms with Gasteiger partial charge in [0.15, 0.2) is 9.84 Å². The Labute approximate surface area is 154 Å². The van der Waals surface area contributed by atoms with Crippen LogP contribution in [0.25, 0.3) is 0 Å². The van der Waals surface area contributed by atoms with E-state index < -0.39 is 25.9 Å². The number of hydrogen-bond acceptors (Lipinski definition) is 6. The van der Waals surface area contributed by atoms with Crippen LogP contribution in [0.5, 0.6) is 5.75 Å². The van der Waals surface area contributed by atoms with Crippen molar-refractivity contribution in [3.05, 3.63) is 24.3 Å². The highest BCUT2D eigenvalue weighted by Crippen LogP contribution is 2.36. The topological polar surface area (TPSA) is 84.0 Å². The molecule has 26 heavy (non-hydrogen) atoms. The number of methoxy groups -OCH3 is 1. The van der Waals surface area contributed by atoms with E-state index in [9.17, 15) is 16.8 Å². The van der Waals surface area contributed by atoms with Crippen LogP contribution in [0.4, 0.5) is 0 Å². The Balaban J connectivity index is 1.63. The second-order valence-electron chi connectivity index (χ2n) is 7.44. The lowest BCUT2D eigenvalue weighted by molar-refractivity contribution is 0.0912. The van der Waals surface area contributed by atoms with Crippen LogP contribution in [-0.4, -0.2) is 76.4 Å². The van der Waals surface area contributed by atoms with E-state index in [1.165, 1.54) is 36.4 Å². The van der Waals surface area contributed by atoms with Gasteiger partial charge in [0, 0.05) is 25.7 Å². The fourth-order valence-electron chi connectivity index (χ4n) is 4.03. The van der Waals surface area contributed by atoms with Crippen LogP contribution in [0.1, 0.15) is 12.8 Å². The molecule has 1 aromatic carbocycles. The Morgan fingerprint density at radius 1 is 1.08 bits per heavy atom. The number of ether oxygens (including phenoxy) is 1. The highest BCUT2D eigenvalue weighted by molar-refractivity contribution is 7.92. The van der Waals surface area contributed by atoms with E-state index >= 15 is 0 Å². The van der Waals surface area contributed by atoms with E-state index in [-0.39, 0.29) is 22.4 Å². The van der Waals surface area contributed by atoms with Crippen LogP contribution in [0.3, 0.4) is 0 Å². The molecule has 0 radical (unpaired) electrons. The molecule has 3 aliphatic rings. The zero-order valence-electron chi connectivity index (χ0n) is 14.7. The maximum Gasteiger partial charge on any atom is 0.243 e. The molecule has 0 aromatic heterocycles. The number of sulfonamides is 1. The molecule has 9 heteroatoms. The third-order valence-electron chi connectivity index (χ3n) is 5.60. The average molecular weight is 401 g/mol. The SMILES string of the molecule is COc1ccc(S(=O)(=O)N2CCN(CC3CC3)[C@@H]3CS(=O)(=O)C[C@@H]32)cc1. The molecule has 2 aliphatic heterocycles. The monoisotopic (exact) mass is 400 g/mol. The predicted molar refractivity (Wildman–Crippen MR) is 97.4 cm³/mol.